The second-order valence-electron chi connectivity index (χ2n) is 6.49. The fourth-order valence-electron chi connectivity index (χ4n) is 3.14. The summed E-state index contributed by atoms with van der Waals surface area (Å²) in [5.41, 5.74) is 0.338. The summed E-state index contributed by atoms with van der Waals surface area (Å²) < 4.78 is 15.7. The topological polar surface area (TPSA) is 73.9 Å². The van der Waals surface area contributed by atoms with E-state index in [9.17, 15) is 9.59 Å². The number of nitrogens with one attached hydrogen (secondary N) is 1. The van der Waals surface area contributed by atoms with Crippen molar-refractivity contribution in [2.45, 2.75) is 51.7 Å². The number of rotatable bonds is 4. The van der Waals surface area contributed by atoms with Crippen molar-refractivity contribution in [1.29, 1.82) is 0 Å². The molecule has 1 amide bonds. The molecular weight excluding hydrogens is 310 g/mol. The Labute approximate surface area is 141 Å². The predicted molar refractivity (Wildman–Crippen MR) is 87.0 cm³/mol. The van der Waals surface area contributed by atoms with Crippen molar-refractivity contribution < 1.29 is 23.8 Å². The molecule has 2 aliphatic rings. The van der Waals surface area contributed by atoms with Crippen LogP contribution in [0.1, 0.15) is 49.9 Å². The number of carbonyl (C=O) groups is 2. The first-order chi connectivity index (χ1) is 11.5. The van der Waals surface area contributed by atoms with Gasteiger partial charge >= 0.3 is 5.97 Å². The highest BCUT2D eigenvalue weighted by Crippen LogP contribution is 2.32. The average molecular weight is 333 g/mol. The maximum Gasteiger partial charge on any atom is 0.339 e. The first kappa shape index (κ1) is 16.6. The highest BCUT2D eigenvalue weighted by atomic mass is 16.7. The molecule has 1 aliphatic heterocycles. The molecule has 130 valence electrons. The predicted octanol–water partition coefficient (Wildman–Crippen LogP) is 2.66. The smallest absolute Gasteiger partial charge is 0.339 e. The van der Waals surface area contributed by atoms with E-state index >= 15 is 0 Å². The lowest BCUT2D eigenvalue weighted by molar-refractivity contribution is -0.130. The molecule has 1 aromatic rings. The van der Waals surface area contributed by atoms with Gasteiger partial charge in [-0.2, -0.15) is 0 Å². The molecule has 1 fully saturated rings. The second kappa shape index (κ2) is 7.11. The maximum absolute atomic E-state index is 12.3. The Kier molecular flexibility index (Phi) is 4.92. The highest BCUT2D eigenvalue weighted by Gasteiger charge is 2.27. The van der Waals surface area contributed by atoms with Crippen LogP contribution in [0.4, 0.5) is 0 Å². The molecule has 1 aromatic carbocycles. The van der Waals surface area contributed by atoms with Crippen LogP contribution in [0.15, 0.2) is 18.2 Å². The summed E-state index contributed by atoms with van der Waals surface area (Å²) in [5, 5.41) is 3.01. The first-order valence-corrected chi connectivity index (χ1v) is 8.45. The standard InChI is InChI=1S/C18H23NO5/c1-11-5-3-4-6-14(11)19-17(20)12(2)24-18(21)13-7-8-15-16(9-13)23-10-22-15/h7-9,11-12,14H,3-6,10H2,1-2H3,(H,19,20)/t11-,12-,14-/m0/s1. The Morgan fingerprint density at radius 1 is 1.21 bits per heavy atom. The molecular formula is C18H23NO5. The lowest BCUT2D eigenvalue weighted by Crippen LogP contribution is -2.45. The average Bonchev–Trinajstić information content (AvgIpc) is 3.04. The van der Waals surface area contributed by atoms with Gasteiger partial charge in [0.25, 0.3) is 5.91 Å². The zero-order valence-corrected chi connectivity index (χ0v) is 14.0. The van der Waals surface area contributed by atoms with Gasteiger partial charge in [0, 0.05) is 6.04 Å². The largest absolute Gasteiger partial charge is 0.454 e. The molecule has 24 heavy (non-hydrogen) atoms. The maximum atomic E-state index is 12.3. The molecule has 1 saturated carbocycles. The van der Waals surface area contributed by atoms with E-state index in [1.54, 1.807) is 25.1 Å². The summed E-state index contributed by atoms with van der Waals surface area (Å²) in [6.07, 6.45) is 3.60. The molecule has 0 unspecified atom stereocenters. The molecule has 6 heteroatoms. The van der Waals surface area contributed by atoms with Crippen molar-refractivity contribution in [2.24, 2.45) is 5.92 Å². The zero-order chi connectivity index (χ0) is 17.1. The Morgan fingerprint density at radius 3 is 2.75 bits per heavy atom. The Hall–Kier alpha value is -2.24. The molecule has 1 N–H and O–H groups in total. The van der Waals surface area contributed by atoms with Crippen LogP contribution in [0, 0.1) is 5.92 Å². The Balaban J connectivity index is 1.56. The number of esters is 1. The minimum atomic E-state index is -0.836. The van der Waals surface area contributed by atoms with E-state index < -0.39 is 12.1 Å². The lowest BCUT2D eigenvalue weighted by Gasteiger charge is -2.30. The van der Waals surface area contributed by atoms with E-state index in [0.717, 1.165) is 19.3 Å². The third-order valence-electron chi connectivity index (χ3n) is 4.70. The van der Waals surface area contributed by atoms with Gasteiger partial charge in [0.2, 0.25) is 6.79 Å². The van der Waals surface area contributed by atoms with E-state index in [1.165, 1.54) is 6.42 Å². The van der Waals surface area contributed by atoms with Crippen LogP contribution in [0.3, 0.4) is 0 Å². The molecule has 0 spiro atoms. The molecule has 3 rings (SSSR count). The molecule has 1 heterocycles. The SMILES string of the molecule is C[C@H](OC(=O)c1ccc2c(c1)OCO2)C(=O)N[C@H]1CCCC[C@@H]1C. The van der Waals surface area contributed by atoms with Crippen LogP contribution >= 0.6 is 0 Å². The molecule has 1 aliphatic carbocycles. The fraction of sp³-hybridized carbons (Fsp3) is 0.556. The minimum Gasteiger partial charge on any atom is -0.454 e. The summed E-state index contributed by atoms with van der Waals surface area (Å²) in [5.74, 6) is 0.774. The number of amides is 1. The minimum absolute atomic E-state index is 0.145. The summed E-state index contributed by atoms with van der Waals surface area (Å²) in [6, 6.07) is 4.99. The van der Waals surface area contributed by atoms with Gasteiger partial charge < -0.3 is 19.5 Å². The van der Waals surface area contributed by atoms with Crippen molar-refractivity contribution in [3.8, 4) is 11.5 Å². The van der Waals surface area contributed by atoms with Gasteiger partial charge in [-0.25, -0.2) is 4.79 Å². The van der Waals surface area contributed by atoms with E-state index in [4.69, 9.17) is 14.2 Å². The normalized spacial score (nSPS) is 23.4. The van der Waals surface area contributed by atoms with Crippen LogP contribution in [-0.2, 0) is 9.53 Å². The van der Waals surface area contributed by atoms with Gasteiger partial charge in [-0.05, 0) is 43.9 Å². The Bertz CT molecular complexity index is 630. The van der Waals surface area contributed by atoms with E-state index in [-0.39, 0.29) is 18.7 Å². The van der Waals surface area contributed by atoms with E-state index in [1.807, 2.05) is 0 Å². The lowest BCUT2D eigenvalue weighted by atomic mass is 9.86. The van der Waals surface area contributed by atoms with Gasteiger partial charge in [0.05, 0.1) is 5.56 Å². The van der Waals surface area contributed by atoms with Crippen LogP contribution in [0.5, 0.6) is 11.5 Å². The van der Waals surface area contributed by atoms with E-state index in [2.05, 4.69) is 12.2 Å². The molecule has 3 atom stereocenters. The van der Waals surface area contributed by atoms with Gasteiger partial charge in [0.1, 0.15) is 0 Å². The molecule has 0 bridgehead atoms. The zero-order valence-electron chi connectivity index (χ0n) is 14.0. The van der Waals surface area contributed by atoms with Crippen molar-refractivity contribution >= 4 is 11.9 Å². The number of hydrogen-bond donors (Lipinski definition) is 1. The molecule has 6 nitrogen and oxygen atoms in total. The first-order valence-electron chi connectivity index (χ1n) is 8.45. The molecule has 0 saturated heterocycles. The molecule has 0 radical (unpaired) electrons. The quantitative estimate of drug-likeness (QED) is 0.858. The highest BCUT2D eigenvalue weighted by molar-refractivity contribution is 5.93. The fourth-order valence-corrected chi connectivity index (χ4v) is 3.14. The van der Waals surface area contributed by atoms with Crippen LogP contribution in [-0.4, -0.2) is 30.8 Å². The summed E-state index contributed by atoms with van der Waals surface area (Å²) in [6.45, 7) is 3.88. The van der Waals surface area contributed by atoms with Gasteiger partial charge in [0.15, 0.2) is 17.6 Å². The number of ether oxygens (including phenoxy) is 3. The summed E-state index contributed by atoms with van der Waals surface area (Å²) in [7, 11) is 0. The van der Waals surface area contributed by atoms with Crippen LogP contribution in [0.25, 0.3) is 0 Å². The number of carbonyl (C=O) groups excluding carboxylic acids is 2. The van der Waals surface area contributed by atoms with Crippen molar-refractivity contribution in [3.63, 3.8) is 0 Å². The molecule has 0 aromatic heterocycles. The van der Waals surface area contributed by atoms with Crippen molar-refractivity contribution in [1.82, 2.24) is 5.32 Å². The van der Waals surface area contributed by atoms with E-state index in [0.29, 0.717) is 23.0 Å². The van der Waals surface area contributed by atoms with Crippen LogP contribution < -0.4 is 14.8 Å². The van der Waals surface area contributed by atoms with Crippen molar-refractivity contribution in [2.75, 3.05) is 6.79 Å². The Morgan fingerprint density at radius 2 is 1.96 bits per heavy atom. The number of fused-ring (bicyclic) bond motifs is 1. The second-order valence-corrected chi connectivity index (χ2v) is 6.49. The third-order valence-corrected chi connectivity index (χ3v) is 4.70. The summed E-state index contributed by atoms with van der Waals surface area (Å²) in [4.78, 5) is 24.5. The van der Waals surface area contributed by atoms with Gasteiger partial charge in [-0.15, -0.1) is 0 Å². The monoisotopic (exact) mass is 333 g/mol. The summed E-state index contributed by atoms with van der Waals surface area (Å²) >= 11 is 0. The third kappa shape index (κ3) is 3.63. The van der Waals surface area contributed by atoms with Crippen molar-refractivity contribution in [3.05, 3.63) is 23.8 Å². The van der Waals surface area contributed by atoms with Crippen LogP contribution in [0.2, 0.25) is 0 Å². The van der Waals surface area contributed by atoms with Gasteiger partial charge in [-0.1, -0.05) is 19.8 Å². The number of benzene rings is 1. The number of hydrogen-bond acceptors (Lipinski definition) is 5. The van der Waals surface area contributed by atoms with Gasteiger partial charge in [-0.3, -0.25) is 4.79 Å².